The number of rotatable bonds is 0. The van der Waals surface area contributed by atoms with Crippen LogP contribution in [0.4, 0.5) is 0 Å². The molecule has 0 amide bonds. The van der Waals surface area contributed by atoms with Gasteiger partial charge in [-0.25, -0.2) is 0 Å². The summed E-state index contributed by atoms with van der Waals surface area (Å²) in [7, 11) is 0. The van der Waals surface area contributed by atoms with Crippen LogP contribution in [0.15, 0.2) is 36.4 Å². The number of fused-ring (bicyclic) bond motifs is 1. The first-order valence-electron chi connectivity index (χ1n) is 3.49. The summed E-state index contributed by atoms with van der Waals surface area (Å²) in [5.74, 6) is 0. The maximum Gasteiger partial charge on any atom is 4.00 e. The van der Waals surface area contributed by atoms with E-state index in [-0.39, 0.29) is 63.4 Å². The molecule has 0 heterocycles. The van der Waals surface area contributed by atoms with E-state index in [4.69, 9.17) is 0 Å². The summed E-state index contributed by atoms with van der Waals surface area (Å²) in [6.45, 7) is 2.14. The quantitative estimate of drug-likeness (QED) is 0.423. The molecule has 0 aromatic heterocycles. The fourth-order valence-corrected chi connectivity index (χ4v) is 1.31. The summed E-state index contributed by atoms with van der Waals surface area (Å²) in [6.07, 6.45) is 0. The second-order valence-electron chi connectivity index (χ2n) is 2.60. The maximum atomic E-state index is 2.16. The molecule has 0 fully saturated rings. The van der Waals surface area contributed by atoms with Crippen molar-refractivity contribution in [3.05, 3.63) is 42.0 Å². The molecule has 0 aliphatic rings. The summed E-state index contributed by atoms with van der Waals surface area (Å²) >= 11 is 0. The van der Waals surface area contributed by atoms with Gasteiger partial charge in [-0.1, -0.05) is 13.0 Å². The van der Waals surface area contributed by atoms with Gasteiger partial charge in [-0.15, -0.1) is 34.5 Å². The van der Waals surface area contributed by atoms with Gasteiger partial charge in [0.1, 0.15) is 0 Å². The van der Waals surface area contributed by atoms with Crippen LogP contribution in [0.1, 0.15) is 5.56 Å². The molecular formula is C10H9Cl3Zr. The van der Waals surface area contributed by atoms with Crippen molar-refractivity contribution in [3.63, 3.8) is 0 Å². The average molecular weight is 327 g/mol. The Balaban J connectivity index is -0.000000302. The van der Waals surface area contributed by atoms with Gasteiger partial charge >= 0.3 is 26.2 Å². The molecule has 0 aliphatic heterocycles. The molecule has 2 aromatic rings. The van der Waals surface area contributed by atoms with Gasteiger partial charge in [0.15, 0.2) is 0 Å². The number of hydrogen-bond acceptors (Lipinski definition) is 0. The third-order valence-corrected chi connectivity index (χ3v) is 1.90. The van der Waals surface area contributed by atoms with Crippen molar-refractivity contribution in [3.8, 4) is 0 Å². The molecular weight excluding hydrogens is 318 g/mol. The van der Waals surface area contributed by atoms with Crippen LogP contribution in [-0.4, -0.2) is 0 Å². The molecule has 0 atom stereocenters. The van der Waals surface area contributed by atoms with Crippen LogP contribution in [0.3, 0.4) is 0 Å². The van der Waals surface area contributed by atoms with E-state index in [1.54, 1.807) is 0 Å². The van der Waals surface area contributed by atoms with Gasteiger partial charge in [-0.3, -0.25) is 0 Å². The van der Waals surface area contributed by atoms with E-state index in [9.17, 15) is 0 Å². The van der Waals surface area contributed by atoms with Crippen LogP contribution >= 0.6 is 0 Å². The normalized spacial score (nSPS) is 7.50. The number of benzene rings is 1. The molecule has 2 aromatic carbocycles. The minimum absolute atomic E-state index is 0. The molecule has 74 valence electrons. The molecule has 0 aliphatic carbocycles. The SMILES string of the molecule is C[c-]1ccc2ccccc21.[Cl-].[Cl-].[Cl-].[Zr+4]. The van der Waals surface area contributed by atoms with E-state index < -0.39 is 0 Å². The first-order valence-corrected chi connectivity index (χ1v) is 3.49. The van der Waals surface area contributed by atoms with E-state index in [1.807, 2.05) is 0 Å². The summed E-state index contributed by atoms with van der Waals surface area (Å²) in [6, 6.07) is 12.8. The molecule has 0 saturated carbocycles. The number of hydrogen-bond donors (Lipinski definition) is 0. The fourth-order valence-electron chi connectivity index (χ4n) is 1.31. The zero-order chi connectivity index (χ0) is 6.97. The van der Waals surface area contributed by atoms with Crippen LogP contribution in [0.25, 0.3) is 10.8 Å². The Morgan fingerprint density at radius 3 is 2.07 bits per heavy atom. The molecule has 0 saturated heterocycles. The van der Waals surface area contributed by atoms with Crippen molar-refractivity contribution in [2.45, 2.75) is 6.92 Å². The largest absolute Gasteiger partial charge is 4.00 e. The van der Waals surface area contributed by atoms with Crippen LogP contribution in [-0.2, 0) is 26.2 Å². The minimum Gasteiger partial charge on any atom is -1.00 e. The molecule has 4 heteroatoms. The summed E-state index contributed by atoms with van der Waals surface area (Å²) in [5.41, 5.74) is 1.37. The summed E-state index contributed by atoms with van der Waals surface area (Å²) < 4.78 is 0. The maximum absolute atomic E-state index is 2.16. The van der Waals surface area contributed by atoms with Crippen LogP contribution in [0.2, 0.25) is 0 Å². The fraction of sp³-hybridized carbons (Fsp3) is 0.100. The van der Waals surface area contributed by atoms with E-state index >= 15 is 0 Å². The summed E-state index contributed by atoms with van der Waals surface area (Å²) in [4.78, 5) is 0. The molecule has 0 unspecified atom stereocenters. The third-order valence-electron chi connectivity index (χ3n) is 1.90. The molecule has 0 nitrogen and oxygen atoms in total. The monoisotopic (exact) mass is 324 g/mol. The molecule has 2 rings (SSSR count). The van der Waals surface area contributed by atoms with Crippen molar-refractivity contribution < 1.29 is 63.4 Å². The first-order chi connectivity index (χ1) is 4.88. The second kappa shape index (κ2) is 8.86. The Hall–Kier alpha value is 0.583. The van der Waals surface area contributed by atoms with Gasteiger partial charge in [0.25, 0.3) is 0 Å². The molecule has 0 radical (unpaired) electrons. The second-order valence-corrected chi connectivity index (χ2v) is 2.60. The molecule has 0 N–H and O–H groups in total. The van der Waals surface area contributed by atoms with E-state index in [0.717, 1.165) is 0 Å². The van der Waals surface area contributed by atoms with Gasteiger partial charge in [0.05, 0.1) is 0 Å². The van der Waals surface area contributed by atoms with Crippen molar-refractivity contribution in [2.75, 3.05) is 0 Å². The smallest absolute Gasteiger partial charge is 1.00 e. The van der Waals surface area contributed by atoms with E-state index in [1.165, 1.54) is 16.3 Å². The minimum atomic E-state index is 0. The van der Waals surface area contributed by atoms with Gasteiger partial charge in [-0.2, -0.15) is 12.1 Å². The Morgan fingerprint density at radius 2 is 1.50 bits per heavy atom. The van der Waals surface area contributed by atoms with Gasteiger partial charge in [0.2, 0.25) is 0 Å². The van der Waals surface area contributed by atoms with Crippen molar-refractivity contribution in [1.82, 2.24) is 0 Å². The standard InChI is InChI=1S/C10H9.3ClH.Zr/c1-8-6-7-9-4-2-3-5-10(8)9;;;;/h2-7H,1H3;3*1H;/q-1;;;;+4/p-3. The molecule has 14 heavy (non-hydrogen) atoms. The first kappa shape index (κ1) is 20.1. The number of aryl methyl sites for hydroxylation is 1. The topological polar surface area (TPSA) is 0 Å². The van der Waals surface area contributed by atoms with Crippen molar-refractivity contribution in [1.29, 1.82) is 0 Å². The Bertz CT molecular complexity index is 357. The molecule has 0 spiro atoms. The van der Waals surface area contributed by atoms with Crippen LogP contribution < -0.4 is 37.2 Å². The number of halogens is 3. The zero-order valence-electron chi connectivity index (χ0n) is 7.60. The molecule has 0 bridgehead atoms. The van der Waals surface area contributed by atoms with Crippen molar-refractivity contribution >= 4 is 10.8 Å². The predicted molar refractivity (Wildman–Crippen MR) is 44.3 cm³/mol. The van der Waals surface area contributed by atoms with Gasteiger partial charge < -0.3 is 37.2 Å². The predicted octanol–water partition coefficient (Wildman–Crippen LogP) is -6.12. The van der Waals surface area contributed by atoms with Crippen molar-refractivity contribution in [2.24, 2.45) is 0 Å². The van der Waals surface area contributed by atoms with E-state index in [2.05, 4.69) is 43.3 Å². The van der Waals surface area contributed by atoms with E-state index in [0.29, 0.717) is 0 Å². The third kappa shape index (κ3) is 3.98. The van der Waals surface area contributed by atoms with Gasteiger partial charge in [-0.05, 0) is 0 Å². The van der Waals surface area contributed by atoms with Gasteiger partial charge in [0, 0.05) is 0 Å². The average Bonchev–Trinajstić information content (AvgIpc) is 2.34. The Labute approximate surface area is 122 Å². The van der Waals surface area contributed by atoms with Crippen LogP contribution in [0.5, 0.6) is 0 Å². The van der Waals surface area contributed by atoms with Crippen LogP contribution in [0, 0.1) is 6.92 Å². The Morgan fingerprint density at radius 1 is 0.929 bits per heavy atom. The zero-order valence-corrected chi connectivity index (χ0v) is 12.3. The summed E-state index contributed by atoms with van der Waals surface area (Å²) in [5, 5.41) is 2.72. The Kier molecular flexibility index (Phi) is 12.7.